The summed E-state index contributed by atoms with van der Waals surface area (Å²) in [5.74, 6) is -1.42. The largest absolute Gasteiger partial charge is 0.481 e. The van der Waals surface area contributed by atoms with E-state index in [0.717, 1.165) is 0 Å². The van der Waals surface area contributed by atoms with Gasteiger partial charge in [0.1, 0.15) is 0 Å². The van der Waals surface area contributed by atoms with E-state index < -0.39 is 17.8 Å². The van der Waals surface area contributed by atoms with Crippen LogP contribution in [0.15, 0.2) is 0 Å². The van der Waals surface area contributed by atoms with Crippen molar-refractivity contribution in [1.82, 2.24) is 5.32 Å². The van der Waals surface area contributed by atoms with Crippen molar-refractivity contribution in [3.63, 3.8) is 0 Å². The number of carboxylic acid groups (broad SMARTS) is 1. The lowest BCUT2D eigenvalue weighted by molar-refractivity contribution is -0.142. The molecule has 7 heteroatoms. The van der Waals surface area contributed by atoms with Gasteiger partial charge in [0, 0.05) is 18.7 Å². The van der Waals surface area contributed by atoms with Crippen molar-refractivity contribution in [3.05, 3.63) is 0 Å². The number of hydrogen-bond donors (Lipinski definition) is 3. The molecule has 0 heterocycles. The summed E-state index contributed by atoms with van der Waals surface area (Å²) in [6, 6.07) is 0. The molecule has 0 aliphatic carbocycles. The van der Waals surface area contributed by atoms with Crippen LogP contribution in [0.25, 0.3) is 0 Å². The van der Waals surface area contributed by atoms with Gasteiger partial charge < -0.3 is 16.2 Å². The minimum atomic E-state index is -0.900. The van der Waals surface area contributed by atoms with Crippen LogP contribution in [0.5, 0.6) is 0 Å². The molecule has 0 spiro atoms. The van der Waals surface area contributed by atoms with Gasteiger partial charge in [-0.1, -0.05) is 20.8 Å². The SMILES string of the molecule is CC(C)(C)CC(CNC(=O)CCSCC(N)=O)C(=O)O. The Hall–Kier alpha value is -1.24. The van der Waals surface area contributed by atoms with E-state index in [2.05, 4.69) is 5.32 Å². The second-order valence-electron chi connectivity index (χ2n) is 5.87. The van der Waals surface area contributed by atoms with Gasteiger partial charge >= 0.3 is 5.97 Å². The number of carbonyl (C=O) groups excluding carboxylic acids is 2. The van der Waals surface area contributed by atoms with Crippen LogP contribution in [0.3, 0.4) is 0 Å². The Morgan fingerprint density at radius 3 is 2.35 bits per heavy atom. The summed E-state index contributed by atoms with van der Waals surface area (Å²) in [7, 11) is 0. The molecule has 0 bridgehead atoms. The number of carboxylic acids is 1. The van der Waals surface area contributed by atoms with Crippen molar-refractivity contribution < 1.29 is 19.5 Å². The molecule has 0 aromatic heterocycles. The number of rotatable bonds is 9. The van der Waals surface area contributed by atoms with Crippen LogP contribution in [0.2, 0.25) is 0 Å². The van der Waals surface area contributed by atoms with Crippen LogP contribution in [0.1, 0.15) is 33.6 Å². The molecule has 6 nitrogen and oxygen atoms in total. The first-order chi connectivity index (χ1) is 9.11. The molecule has 0 saturated carbocycles. The van der Waals surface area contributed by atoms with E-state index in [4.69, 9.17) is 10.8 Å². The fourth-order valence-electron chi connectivity index (χ4n) is 1.65. The molecule has 0 radical (unpaired) electrons. The van der Waals surface area contributed by atoms with Crippen molar-refractivity contribution in [2.24, 2.45) is 17.1 Å². The maximum absolute atomic E-state index is 11.5. The number of carbonyl (C=O) groups is 3. The highest BCUT2D eigenvalue weighted by atomic mass is 32.2. The first-order valence-electron chi connectivity index (χ1n) is 6.47. The van der Waals surface area contributed by atoms with Gasteiger partial charge in [0.15, 0.2) is 0 Å². The van der Waals surface area contributed by atoms with Crippen LogP contribution in [0.4, 0.5) is 0 Å². The summed E-state index contributed by atoms with van der Waals surface area (Å²) in [5, 5.41) is 11.7. The lowest BCUT2D eigenvalue weighted by Gasteiger charge is -2.23. The summed E-state index contributed by atoms with van der Waals surface area (Å²) < 4.78 is 0. The van der Waals surface area contributed by atoms with Crippen molar-refractivity contribution in [2.45, 2.75) is 33.6 Å². The maximum Gasteiger partial charge on any atom is 0.308 e. The molecule has 20 heavy (non-hydrogen) atoms. The average Bonchev–Trinajstić information content (AvgIpc) is 2.28. The third-order valence-electron chi connectivity index (χ3n) is 2.47. The molecule has 1 unspecified atom stereocenters. The average molecular weight is 304 g/mol. The first-order valence-corrected chi connectivity index (χ1v) is 7.63. The molecule has 0 fully saturated rings. The Bertz CT molecular complexity index is 353. The fraction of sp³-hybridized carbons (Fsp3) is 0.769. The van der Waals surface area contributed by atoms with Crippen molar-refractivity contribution >= 4 is 29.5 Å². The summed E-state index contributed by atoms with van der Waals surface area (Å²) in [5.41, 5.74) is 4.87. The zero-order chi connectivity index (χ0) is 15.8. The smallest absolute Gasteiger partial charge is 0.308 e. The highest BCUT2D eigenvalue weighted by molar-refractivity contribution is 7.99. The summed E-state index contributed by atoms with van der Waals surface area (Å²) in [6.07, 6.45) is 0.749. The monoisotopic (exact) mass is 304 g/mol. The van der Waals surface area contributed by atoms with Crippen LogP contribution in [-0.4, -0.2) is 40.9 Å². The van der Waals surface area contributed by atoms with E-state index in [1.54, 1.807) is 0 Å². The highest BCUT2D eigenvalue weighted by Crippen LogP contribution is 2.24. The second-order valence-corrected chi connectivity index (χ2v) is 6.98. The second kappa shape index (κ2) is 8.84. The van der Waals surface area contributed by atoms with Gasteiger partial charge in [0.25, 0.3) is 0 Å². The van der Waals surface area contributed by atoms with Crippen LogP contribution < -0.4 is 11.1 Å². The van der Waals surface area contributed by atoms with E-state index >= 15 is 0 Å². The van der Waals surface area contributed by atoms with E-state index in [0.29, 0.717) is 12.2 Å². The molecule has 116 valence electrons. The van der Waals surface area contributed by atoms with Crippen molar-refractivity contribution in [3.8, 4) is 0 Å². The zero-order valence-electron chi connectivity index (χ0n) is 12.3. The van der Waals surface area contributed by atoms with E-state index in [1.165, 1.54) is 11.8 Å². The molecule has 0 aliphatic heterocycles. The van der Waals surface area contributed by atoms with Gasteiger partial charge in [-0.15, -0.1) is 0 Å². The number of thioether (sulfide) groups is 1. The highest BCUT2D eigenvalue weighted by Gasteiger charge is 2.24. The number of primary amides is 1. The van der Waals surface area contributed by atoms with Gasteiger partial charge in [-0.2, -0.15) is 11.8 Å². The Balaban J connectivity index is 4.00. The predicted octanol–water partition coefficient (Wildman–Crippen LogP) is 0.848. The molecule has 2 amide bonds. The number of nitrogens with one attached hydrogen (secondary N) is 1. The molecule has 0 aromatic carbocycles. The minimum absolute atomic E-state index is 0.106. The van der Waals surface area contributed by atoms with E-state index in [1.807, 2.05) is 20.8 Å². The minimum Gasteiger partial charge on any atom is -0.481 e. The van der Waals surface area contributed by atoms with Gasteiger partial charge in [-0.25, -0.2) is 0 Å². The molecule has 0 saturated heterocycles. The van der Waals surface area contributed by atoms with E-state index in [-0.39, 0.29) is 30.0 Å². The maximum atomic E-state index is 11.5. The topological polar surface area (TPSA) is 109 Å². The lowest BCUT2D eigenvalue weighted by atomic mass is 9.84. The third-order valence-corrected chi connectivity index (χ3v) is 3.45. The molecule has 4 N–H and O–H groups in total. The first kappa shape index (κ1) is 18.8. The Labute approximate surface area is 123 Å². The quantitative estimate of drug-likeness (QED) is 0.547. The summed E-state index contributed by atoms with van der Waals surface area (Å²) in [4.78, 5) is 33.2. The summed E-state index contributed by atoms with van der Waals surface area (Å²) >= 11 is 1.29. The molecular formula is C13H24N2O4S. The number of nitrogens with two attached hydrogens (primary N) is 1. The van der Waals surface area contributed by atoms with Crippen molar-refractivity contribution in [1.29, 1.82) is 0 Å². The fourth-order valence-corrected chi connectivity index (χ4v) is 2.32. The van der Waals surface area contributed by atoms with Gasteiger partial charge in [0.05, 0.1) is 11.7 Å². The zero-order valence-corrected chi connectivity index (χ0v) is 13.1. The van der Waals surface area contributed by atoms with Crippen LogP contribution in [-0.2, 0) is 14.4 Å². The third kappa shape index (κ3) is 10.7. The standard InChI is InChI=1S/C13H24N2O4S/c1-13(2,3)6-9(12(18)19)7-15-11(17)4-5-20-8-10(14)16/h9H,4-8H2,1-3H3,(H2,14,16)(H,15,17)(H,18,19). The Morgan fingerprint density at radius 2 is 1.90 bits per heavy atom. The molecule has 1 atom stereocenters. The molecular weight excluding hydrogens is 280 g/mol. The Morgan fingerprint density at radius 1 is 1.30 bits per heavy atom. The summed E-state index contributed by atoms with van der Waals surface area (Å²) in [6.45, 7) is 6.02. The Kier molecular flexibility index (Phi) is 8.29. The van der Waals surface area contributed by atoms with E-state index in [9.17, 15) is 14.4 Å². The van der Waals surface area contributed by atoms with Gasteiger partial charge in [0.2, 0.25) is 11.8 Å². The van der Waals surface area contributed by atoms with Gasteiger partial charge in [-0.3, -0.25) is 14.4 Å². The van der Waals surface area contributed by atoms with Crippen LogP contribution >= 0.6 is 11.8 Å². The predicted molar refractivity (Wildman–Crippen MR) is 79.3 cm³/mol. The number of aliphatic carboxylic acids is 1. The normalized spacial score (nSPS) is 12.8. The van der Waals surface area contributed by atoms with Crippen LogP contribution in [0, 0.1) is 11.3 Å². The molecule has 0 aliphatic rings. The van der Waals surface area contributed by atoms with Crippen molar-refractivity contribution in [2.75, 3.05) is 18.1 Å². The molecule has 0 aromatic rings. The van der Waals surface area contributed by atoms with Gasteiger partial charge in [-0.05, 0) is 11.8 Å². The number of hydrogen-bond acceptors (Lipinski definition) is 4. The lowest BCUT2D eigenvalue weighted by Crippen LogP contribution is -2.35. The molecule has 0 rings (SSSR count). The number of amides is 2.